The molecule has 0 saturated carbocycles. The summed E-state index contributed by atoms with van der Waals surface area (Å²) in [7, 11) is -3.68. The number of carbonyl (C=O) groups excluding carboxylic acids is 1. The molecule has 0 spiro atoms. The van der Waals surface area contributed by atoms with Crippen molar-refractivity contribution in [2.45, 2.75) is 10.9 Å². The fourth-order valence-electron chi connectivity index (χ4n) is 4.91. The molecule has 7 nitrogen and oxygen atoms in total. The Morgan fingerprint density at radius 3 is 1.93 bits per heavy atom. The molecule has 0 atom stereocenters. The molecule has 0 aliphatic carbocycles. The topological polar surface area (TPSA) is 81.8 Å². The predicted molar refractivity (Wildman–Crippen MR) is 167 cm³/mol. The summed E-state index contributed by atoms with van der Waals surface area (Å²) < 4.78 is 28.5. The molecule has 4 aromatic rings. The van der Waals surface area contributed by atoms with E-state index >= 15 is 0 Å². The van der Waals surface area contributed by atoms with E-state index in [1.165, 1.54) is 15.4 Å². The number of amides is 1. The van der Waals surface area contributed by atoms with Gasteiger partial charge in [-0.15, -0.1) is 0 Å². The van der Waals surface area contributed by atoms with Crippen molar-refractivity contribution in [3.63, 3.8) is 0 Å². The Morgan fingerprint density at radius 2 is 1.37 bits per heavy atom. The molecule has 1 saturated heterocycles. The molecule has 1 aliphatic heterocycles. The molecule has 1 aliphatic rings. The number of halogens is 1. The van der Waals surface area contributed by atoms with E-state index in [1.54, 1.807) is 48.5 Å². The largest absolute Gasteiger partial charge is 0.332 e. The Morgan fingerprint density at radius 1 is 0.780 bits per heavy atom. The van der Waals surface area contributed by atoms with Crippen LogP contribution >= 0.6 is 23.8 Å². The van der Waals surface area contributed by atoms with Crippen molar-refractivity contribution in [2.75, 3.05) is 31.5 Å². The van der Waals surface area contributed by atoms with Crippen molar-refractivity contribution in [3.05, 3.63) is 131 Å². The summed E-state index contributed by atoms with van der Waals surface area (Å²) in [5.74, 6) is -0.398. The SMILES string of the molecule is O=C(NC(=S)Nc1ccc(S(=O)(=O)N2CCN(C(c3ccccc3)c3ccccc3)CC2)cc1)c1cccc(Cl)c1. The van der Waals surface area contributed by atoms with E-state index in [0.717, 1.165) is 0 Å². The van der Waals surface area contributed by atoms with Crippen LogP contribution in [0.1, 0.15) is 27.5 Å². The van der Waals surface area contributed by atoms with Crippen LogP contribution in [0.5, 0.6) is 0 Å². The highest BCUT2D eigenvalue weighted by Gasteiger charge is 2.32. The van der Waals surface area contributed by atoms with Gasteiger partial charge in [0.2, 0.25) is 10.0 Å². The molecule has 1 amide bonds. The molecule has 1 fully saturated rings. The maximum Gasteiger partial charge on any atom is 0.257 e. The van der Waals surface area contributed by atoms with Gasteiger partial charge in [-0.1, -0.05) is 78.3 Å². The van der Waals surface area contributed by atoms with E-state index in [4.69, 9.17) is 23.8 Å². The second kappa shape index (κ2) is 12.9. The lowest BCUT2D eigenvalue weighted by atomic mass is 9.96. The summed E-state index contributed by atoms with van der Waals surface area (Å²) in [4.78, 5) is 14.9. The molecular formula is C31H29ClN4O3S2. The van der Waals surface area contributed by atoms with E-state index in [0.29, 0.717) is 42.5 Å². The van der Waals surface area contributed by atoms with Gasteiger partial charge in [0.05, 0.1) is 10.9 Å². The molecule has 0 bridgehead atoms. The van der Waals surface area contributed by atoms with Gasteiger partial charge in [0, 0.05) is 42.5 Å². The fourth-order valence-corrected chi connectivity index (χ4v) is 6.74. The number of hydrogen-bond donors (Lipinski definition) is 2. The molecule has 41 heavy (non-hydrogen) atoms. The Balaban J connectivity index is 1.21. The first-order valence-electron chi connectivity index (χ1n) is 13.1. The summed E-state index contributed by atoms with van der Waals surface area (Å²) in [5.41, 5.74) is 3.29. The molecule has 5 rings (SSSR count). The number of thiocarbonyl (C=S) groups is 1. The number of piperazine rings is 1. The standard InChI is InChI=1S/C31H29ClN4O3S2/c32-26-13-7-12-25(22-26)30(37)34-31(40)33-27-14-16-28(17-15-27)41(38,39)36-20-18-35(19-21-36)29(23-8-3-1-4-9-23)24-10-5-2-6-11-24/h1-17,22,29H,18-21H2,(H2,33,34,37,40). The number of carbonyl (C=O) groups is 1. The summed E-state index contributed by atoms with van der Waals surface area (Å²) in [6.07, 6.45) is 0. The molecule has 2 N–H and O–H groups in total. The first-order chi connectivity index (χ1) is 19.8. The van der Waals surface area contributed by atoms with E-state index in [9.17, 15) is 13.2 Å². The minimum absolute atomic E-state index is 0.0517. The quantitative estimate of drug-likeness (QED) is 0.269. The van der Waals surface area contributed by atoms with Crippen molar-refractivity contribution in [1.82, 2.24) is 14.5 Å². The molecule has 4 aromatic carbocycles. The average Bonchev–Trinajstić information content (AvgIpc) is 2.99. The maximum absolute atomic E-state index is 13.5. The number of hydrogen-bond acceptors (Lipinski definition) is 5. The van der Waals surface area contributed by atoms with Crippen LogP contribution in [0, 0.1) is 0 Å². The van der Waals surface area contributed by atoms with Crippen LogP contribution in [0.15, 0.2) is 114 Å². The smallest absolute Gasteiger partial charge is 0.257 e. The van der Waals surface area contributed by atoms with Crippen molar-refractivity contribution >= 4 is 50.5 Å². The number of rotatable bonds is 7. The van der Waals surface area contributed by atoms with E-state index in [-0.39, 0.29) is 16.0 Å². The van der Waals surface area contributed by atoms with Gasteiger partial charge in [0.25, 0.3) is 5.91 Å². The third-order valence-electron chi connectivity index (χ3n) is 6.93. The lowest BCUT2D eigenvalue weighted by Gasteiger charge is -2.39. The minimum atomic E-state index is -3.68. The average molecular weight is 605 g/mol. The zero-order valence-corrected chi connectivity index (χ0v) is 24.5. The van der Waals surface area contributed by atoms with Gasteiger partial charge in [-0.2, -0.15) is 4.31 Å². The minimum Gasteiger partial charge on any atom is -0.332 e. The number of nitrogens with zero attached hydrogens (tertiary/aromatic N) is 2. The molecule has 1 heterocycles. The molecule has 0 aromatic heterocycles. The van der Waals surface area contributed by atoms with Crippen LogP contribution in [0.4, 0.5) is 5.69 Å². The van der Waals surface area contributed by atoms with Gasteiger partial charge in [-0.3, -0.25) is 15.0 Å². The molecule has 10 heteroatoms. The van der Waals surface area contributed by atoms with Gasteiger partial charge in [0.15, 0.2) is 5.11 Å². The highest BCUT2D eigenvalue weighted by atomic mass is 35.5. The van der Waals surface area contributed by atoms with Crippen LogP contribution in [-0.2, 0) is 10.0 Å². The van der Waals surface area contributed by atoms with Crippen LogP contribution < -0.4 is 10.6 Å². The molecule has 210 valence electrons. The predicted octanol–water partition coefficient (Wildman–Crippen LogP) is 5.56. The Bertz CT molecular complexity index is 1570. The van der Waals surface area contributed by atoms with E-state index < -0.39 is 15.9 Å². The van der Waals surface area contributed by atoms with Crippen molar-refractivity contribution in [2.24, 2.45) is 0 Å². The van der Waals surface area contributed by atoms with Crippen LogP contribution in [0.3, 0.4) is 0 Å². The van der Waals surface area contributed by atoms with E-state index in [1.807, 2.05) is 36.4 Å². The van der Waals surface area contributed by atoms with E-state index in [2.05, 4.69) is 39.8 Å². The van der Waals surface area contributed by atoms with Gasteiger partial charge in [-0.05, 0) is 65.8 Å². The van der Waals surface area contributed by atoms with Gasteiger partial charge >= 0.3 is 0 Å². The summed E-state index contributed by atoms with van der Waals surface area (Å²) in [5, 5.41) is 6.05. The Hall–Kier alpha value is -3.60. The monoisotopic (exact) mass is 604 g/mol. The summed E-state index contributed by atoms with van der Waals surface area (Å²) in [6, 6.07) is 33.5. The highest BCUT2D eigenvalue weighted by molar-refractivity contribution is 7.89. The zero-order chi connectivity index (χ0) is 28.8. The second-order valence-corrected chi connectivity index (χ2v) is 12.4. The maximum atomic E-state index is 13.5. The Labute approximate surface area is 250 Å². The van der Waals surface area contributed by atoms with Crippen molar-refractivity contribution in [3.8, 4) is 0 Å². The number of benzene rings is 4. The number of nitrogens with one attached hydrogen (secondary N) is 2. The van der Waals surface area contributed by atoms with Crippen LogP contribution in [0.2, 0.25) is 5.02 Å². The molecule has 0 radical (unpaired) electrons. The van der Waals surface area contributed by atoms with Gasteiger partial charge in [0.1, 0.15) is 0 Å². The van der Waals surface area contributed by atoms with Crippen molar-refractivity contribution in [1.29, 1.82) is 0 Å². The third kappa shape index (κ3) is 7.01. The number of sulfonamides is 1. The number of anilines is 1. The normalized spacial score (nSPS) is 14.5. The first kappa shape index (κ1) is 28.9. The second-order valence-electron chi connectivity index (χ2n) is 9.61. The van der Waals surface area contributed by atoms with Gasteiger partial charge in [-0.25, -0.2) is 8.42 Å². The van der Waals surface area contributed by atoms with Crippen LogP contribution in [-0.4, -0.2) is 54.8 Å². The lowest BCUT2D eigenvalue weighted by molar-refractivity contribution is 0.0977. The lowest BCUT2D eigenvalue weighted by Crippen LogP contribution is -2.49. The third-order valence-corrected chi connectivity index (χ3v) is 9.28. The summed E-state index contributed by atoms with van der Waals surface area (Å²) in [6.45, 7) is 1.98. The highest BCUT2D eigenvalue weighted by Crippen LogP contribution is 2.30. The summed E-state index contributed by atoms with van der Waals surface area (Å²) >= 11 is 11.2. The zero-order valence-electron chi connectivity index (χ0n) is 22.1. The Kier molecular flexibility index (Phi) is 9.12. The van der Waals surface area contributed by atoms with Gasteiger partial charge < -0.3 is 5.32 Å². The molecule has 0 unspecified atom stereocenters. The van der Waals surface area contributed by atoms with Crippen molar-refractivity contribution < 1.29 is 13.2 Å². The van der Waals surface area contributed by atoms with Crippen LogP contribution in [0.25, 0.3) is 0 Å². The molecular weight excluding hydrogens is 576 g/mol. The fraction of sp³-hybridized carbons (Fsp3) is 0.161. The first-order valence-corrected chi connectivity index (χ1v) is 15.4.